The van der Waals surface area contributed by atoms with Crippen LogP contribution in [0.15, 0.2) is 6.07 Å². The molecular formula is C17H22N4O4S. The van der Waals surface area contributed by atoms with Crippen molar-refractivity contribution >= 4 is 35.1 Å². The summed E-state index contributed by atoms with van der Waals surface area (Å²) in [6, 6.07) is 1.37. The van der Waals surface area contributed by atoms with E-state index in [9.17, 15) is 19.2 Å². The summed E-state index contributed by atoms with van der Waals surface area (Å²) < 4.78 is 0. The Kier molecular flexibility index (Phi) is 5.26. The molecule has 9 heteroatoms. The summed E-state index contributed by atoms with van der Waals surface area (Å²) in [5.74, 6) is -0.776. The number of hydrazine groups is 1. The second kappa shape index (κ2) is 7.45. The van der Waals surface area contributed by atoms with Gasteiger partial charge >= 0.3 is 6.03 Å². The van der Waals surface area contributed by atoms with Crippen LogP contribution in [-0.4, -0.2) is 53.7 Å². The van der Waals surface area contributed by atoms with E-state index in [-0.39, 0.29) is 12.5 Å². The fourth-order valence-corrected chi connectivity index (χ4v) is 4.36. The van der Waals surface area contributed by atoms with E-state index in [1.165, 1.54) is 33.7 Å². The van der Waals surface area contributed by atoms with E-state index in [4.69, 9.17) is 0 Å². The summed E-state index contributed by atoms with van der Waals surface area (Å²) in [5, 5.41) is 0. The molecule has 1 fully saturated rings. The average Bonchev–Trinajstić information content (AvgIpc) is 3.15. The van der Waals surface area contributed by atoms with Crippen molar-refractivity contribution in [1.82, 2.24) is 20.7 Å². The van der Waals surface area contributed by atoms with Crippen LogP contribution >= 0.6 is 11.3 Å². The molecule has 2 heterocycles. The first kappa shape index (κ1) is 18.4. The van der Waals surface area contributed by atoms with Gasteiger partial charge in [0.1, 0.15) is 13.1 Å². The predicted molar refractivity (Wildman–Crippen MR) is 95.5 cm³/mol. The van der Waals surface area contributed by atoms with E-state index in [0.29, 0.717) is 10.8 Å². The van der Waals surface area contributed by atoms with Gasteiger partial charge in [-0.2, -0.15) is 0 Å². The van der Waals surface area contributed by atoms with Gasteiger partial charge in [0.15, 0.2) is 0 Å². The van der Waals surface area contributed by atoms with Gasteiger partial charge in [0.25, 0.3) is 17.7 Å². The van der Waals surface area contributed by atoms with Crippen molar-refractivity contribution in [2.24, 2.45) is 5.92 Å². The topological polar surface area (TPSA) is 98.8 Å². The van der Waals surface area contributed by atoms with Crippen molar-refractivity contribution in [2.45, 2.75) is 32.6 Å². The number of rotatable bonds is 4. The smallest absolute Gasteiger partial charge is 0.318 e. The highest BCUT2D eigenvalue weighted by atomic mass is 32.1. The molecule has 140 valence electrons. The molecule has 2 aliphatic rings. The monoisotopic (exact) mass is 378 g/mol. The normalized spacial score (nSPS) is 19.5. The number of urea groups is 1. The molecule has 0 saturated carbocycles. The van der Waals surface area contributed by atoms with Gasteiger partial charge in [0.05, 0.1) is 4.88 Å². The lowest BCUT2D eigenvalue weighted by atomic mass is 9.87. The summed E-state index contributed by atoms with van der Waals surface area (Å²) in [5.41, 5.74) is 5.85. The molecule has 1 aliphatic carbocycles. The third-order valence-corrected chi connectivity index (χ3v) is 6.07. The maximum Gasteiger partial charge on any atom is 0.327 e. The van der Waals surface area contributed by atoms with Gasteiger partial charge in [0.2, 0.25) is 0 Å². The van der Waals surface area contributed by atoms with Crippen LogP contribution in [0.25, 0.3) is 0 Å². The number of fused-ring (bicyclic) bond motifs is 1. The highest BCUT2D eigenvalue weighted by Crippen LogP contribution is 2.33. The van der Waals surface area contributed by atoms with Crippen LogP contribution in [0.3, 0.4) is 0 Å². The van der Waals surface area contributed by atoms with Crippen LogP contribution in [0.2, 0.25) is 0 Å². The van der Waals surface area contributed by atoms with Crippen LogP contribution in [0.5, 0.6) is 0 Å². The summed E-state index contributed by atoms with van der Waals surface area (Å²) in [7, 11) is 1.49. The number of nitrogens with one attached hydrogen (secondary N) is 2. The molecule has 2 N–H and O–H groups in total. The van der Waals surface area contributed by atoms with Crippen LogP contribution in [0, 0.1) is 5.92 Å². The fraction of sp³-hybridized carbons (Fsp3) is 0.529. The Morgan fingerprint density at radius 1 is 1.31 bits per heavy atom. The molecule has 8 nitrogen and oxygen atoms in total. The Hall–Kier alpha value is -2.42. The molecule has 1 aromatic heterocycles. The van der Waals surface area contributed by atoms with Crippen molar-refractivity contribution in [3.8, 4) is 0 Å². The summed E-state index contributed by atoms with van der Waals surface area (Å²) in [4.78, 5) is 51.5. The van der Waals surface area contributed by atoms with Crippen molar-refractivity contribution < 1.29 is 19.2 Å². The van der Waals surface area contributed by atoms with E-state index < -0.39 is 24.4 Å². The first-order chi connectivity index (χ1) is 12.4. The Labute approximate surface area is 155 Å². The second-order valence-electron chi connectivity index (χ2n) is 6.70. The number of carbonyl (C=O) groups excluding carboxylic acids is 4. The number of hydrogen-bond donors (Lipinski definition) is 2. The zero-order valence-corrected chi connectivity index (χ0v) is 15.6. The van der Waals surface area contributed by atoms with Gasteiger partial charge in [0, 0.05) is 11.9 Å². The van der Waals surface area contributed by atoms with Crippen LogP contribution < -0.4 is 10.9 Å². The molecule has 0 spiro atoms. The van der Waals surface area contributed by atoms with E-state index in [0.717, 1.165) is 30.6 Å². The summed E-state index contributed by atoms with van der Waals surface area (Å²) in [6.07, 6.45) is 4.27. The molecule has 26 heavy (non-hydrogen) atoms. The van der Waals surface area contributed by atoms with Crippen molar-refractivity contribution in [3.05, 3.63) is 21.4 Å². The third-order valence-electron chi connectivity index (χ3n) is 4.83. The fourth-order valence-electron chi connectivity index (χ4n) is 3.26. The van der Waals surface area contributed by atoms with Crippen molar-refractivity contribution in [2.75, 3.05) is 20.1 Å². The highest BCUT2D eigenvalue weighted by molar-refractivity contribution is 7.14. The number of carbonyl (C=O) groups is 4. The number of amides is 5. The first-order valence-electron chi connectivity index (χ1n) is 8.65. The number of hydrogen-bond acceptors (Lipinski definition) is 5. The lowest BCUT2D eigenvalue weighted by Gasteiger charge is -2.19. The minimum atomic E-state index is -0.622. The Morgan fingerprint density at radius 3 is 2.73 bits per heavy atom. The minimum absolute atomic E-state index is 0.0437. The van der Waals surface area contributed by atoms with Gasteiger partial charge < -0.3 is 4.90 Å². The zero-order chi connectivity index (χ0) is 18.8. The van der Waals surface area contributed by atoms with Gasteiger partial charge in [-0.25, -0.2) is 4.79 Å². The molecule has 0 bridgehead atoms. The lowest BCUT2D eigenvalue weighted by molar-refractivity contribution is -0.131. The third kappa shape index (κ3) is 3.72. The van der Waals surface area contributed by atoms with E-state index in [2.05, 4.69) is 17.8 Å². The molecule has 0 aromatic carbocycles. The molecule has 0 radical (unpaired) electrons. The standard InChI is InChI=1S/C17H22N4O4S/c1-3-10-4-5-12-11(6-10)7-13(26-12)16(24)19-18-14(22)8-21-15(23)9-20(2)17(21)25/h7,10H,3-6,8-9H2,1-2H3,(H,18,22)(H,19,24)/t10-/m0/s1. The number of aryl methyl sites for hydroxylation is 1. The molecule has 5 amide bonds. The van der Waals surface area contributed by atoms with E-state index in [1.807, 2.05) is 6.07 Å². The Bertz CT molecular complexity index is 760. The number of imide groups is 1. The van der Waals surface area contributed by atoms with Gasteiger partial charge in [-0.3, -0.25) is 30.1 Å². The van der Waals surface area contributed by atoms with Gasteiger partial charge in [-0.05, 0) is 36.8 Å². The molecule has 1 aliphatic heterocycles. The average molecular weight is 378 g/mol. The number of nitrogens with zero attached hydrogens (tertiary/aromatic N) is 2. The minimum Gasteiger partial charge on any atom is -0.318 e. The zero-order valence-electron chi connectivity index (χ0n) is 14.8. The first-order valence-corrected chi connectivity index (χ1v) is 9.47. The van der Waals surface area contributed by atoms with Crippen molar-refractivity contribution in [1.29, 1.82) is 0 Å². The van der Waals surface area contributed by atoms with Crippen LogP contribution in [0.1, 0.15) is 39.9 Å². The Balaban J connectivity index is 1.53. The SMILES string of the molecule is CC[C@H]1CCc2sc(C(=O)NNC(=O)CN3C(=O)CN(C)C3=O)cc2C1. The summed E-state index contributed by atoms with van der Waals surface area (Å²) in [6.45, 7) is 1.72. The second-order valence-corrected chi connectivity index (χ2v) is 7.83. The quantitative estimate of drug-likeness (QED) is 0.601. The number of likely N-dealkylation sites (N-methyl/N-ethyl adjacent to an activating group) is 1. The number of thiophene rings is 1. The molecule has 3 rings (SSSR count). The van der Waals surface area contributed by atoms with Crippen molar-refractivity contribution in [3.63, 3.8) is 0 Å². The van der Waals surface area contributed by atoms with Crippen LogP contribution in [-0.2, 0) is 22.4 Å². The molecule has 1 aromatic rings. The highest BCUT2D eigenvalue weighted by Gasteiger charge is 2.34. The lowest BCUT2D eigenvalue weighted by Crippen LogP contribution is -2.47. The maximum absolute atomic E-state index is 12.3. The maximum atomic E-state index is 12.3. The van der Waals surface area contributed by atoms with Crippen LogP contribution in [0.4, 0.5) is 4.79 Å². The van der Waals surface area contributed by atoms with E-state index >= 15 is 0 Å². The summed E-state index contributed by atoms with van der Waals surface area (Å²) >= 11 is 1.45. The molecular weight excluding hydrogens is 356 g/mol. The molecule has 0 unspecified atom stereocenters. The Morgan fingerprint density at radius 2 is 2.08 bits per heavy atom. The largest absolute Gasteiger partial charge is 0.327 e. The van der Waals surface area contributed by atoms with E-state index in [1.54, 1.807) is 0 Å². The van der Waals surface area contributed by atoms with Gasteiger partial charge in [-0.1, -0.05) is 13.3 Å². The predicted octanol–water partition coefficient (Wildman–Crippen LogP) is 0.918. The molecule has 1 atom stereocenters. The molecule has 1 saturated heterocycles. The van der Waals surface area contributed by atoms with Gasteiger partial charge in [-0.15, -0.1) is 11.3 Å².